The van der Waals surface area contributed by atoms with Gasteiger partial charge in [0.05, 0.1) is 11.3 Å². The van der Waals surface area contributed by atoms with Gasteiger partial charge in [0.2, 0.25) is 15.7 Å². The summed E-state index contributed by atoms with van der Waals surface area (Å²) < 4.78 is 47.7. The van der Waals surface area contributed by atoms with Crippen molar-refractivity contribution in [3.63, 3.8) is 0 Å². The molecule has 0 radical (unpaired) electrons. The first-order chi connectivity index (χ1) is 11.2. The highest BCUT2D eigenvalue weighted by Crippen LogP contribution is 2.21. The molecule has 134 valence electrons. The second-order valence-electron chi connectivity index (χ2n) is 6.23. The molecular weight excluding hydrogens is 338 g/mol. The van der Waals surface area contributed by atoms with E-state index in [1.807, 2.05) is 6.92 Å². The monoisotopic (exact) mass is 360 g/mol. The van der Waals surface area contributed by atoms with Gasteiger partial charge in [-0.25, -0.2) is 8.42 Å². The van der Waals surface area contributed by atoms with Crippen molar-refractivity contribution in [3.05, 3.63) is 29.8 Å². The standard InChI is InChI=1S/C16H22F2N2O3S/c1-11(19)13-3-2-8-20(10-13)15(21)9-12-4-6-14(7-5-12)24(22,23)16(17)18/h4-7,11,13,16H,2-3,8-10,19H2,1H3. The smallest absolute Gasteiger partial charge is 0.341 e. The highest BCUT2D eigenvalue weighted by Gasteiger charge is 2.27. The Hall–Kier alpha value is -1.54. The van der Waals surface area contributed by atoms with Gasteiger partial charge in [-0.2, -0.15) is 8.78 Å². The maximum atomic E-state index is 12.5. The quantitative estimate of drug-likeness (QED) is 0.868. The lowest BCUT2D eigenvalue weighted by Crippen LogP contribution is -2.45. The van der Waals surface area contributed by atoms with Gasteiger partial charge in [-0.05, 0) is 43.4 Å². The first kappa shape index (κ1) is 18.8. The van der Waals surface area contributed by atoms with Crippen LogP contribution in [0.2, 0.25) is 0 Å². The van der Waals surface area contributed by atoms with E-state index < -0.39 is 20.5 Å². The number of carbonyl (C=O) groups excluding carboxylic acids is 1. The van der Waals surface area contributed by atoms with Gasteiger partial charge in [-0.1, -0.05) is 12.1 Å². The van der Waals surface area contributed by atoms with Crippen molar-refractivity contribution < 1.29 is 22.0 Å². The molecule has 1 aromatic rings. The maximum absolute atomic E-state index is 12.5. The molecule has 0 saturated carbocycles. The number of benzene rings is 1. The summed E-state index contributed by atoms with van der Waals surface area (Å²) in [7, 11) is -4.60. The van der Waals surface area contributed by atoms with Gasteiger partial charge in [0.1, 0.15) is 0 Å². The molecule has 1 aliphatic rings. The summed E-state index contributed by atoms with van der Waals surface area (Å²) in [5, 5.41) is 0. The summed E-state index contributed by atoms with van der Waals surface area (Å²) in [6.45, 7) is 3.23. The van der Waals surface area contributed by atoms with E-state index in [2.05, 4.69) is 0 Å². The lowest BCUT2D eigenvalue weighted by Gasteiger charge is -2.34. The van der Waals surface area contributed by atoms with Crippen LogP contribution in [0.25, 0.3) is 0 Å². The third-order valence-corrected chi connectivity index (χ3v) is 5.79. The van der Waals surface area contributed by atoms with E-state index in [-0.39, 0.29) is 24.3 Å². The lowest BCUT2D eigenvalue weighted by atomic mass is 9.92. The first-order valence-electron chi connectivity index (χ1n) is 7.86. The average molecular weight is 360 g/mol. The van der Waals surface area contributed by atoms with Crippen molar-refractivity contribution in [1.29, 1.82) is 0 Å². The van der Waals surface area contributed by atoms with Crippen LogP contribution in [0.5, 0.6) is 0 Å². The number of hydrogen-bond donors (Lipinski definition) is 1. The second kappa shape index (κ2) is 7.57. The second-order valence-corrected chi connectivity index (χ2v) is 8.15. The number of carbonyl (C=O) groups is 1. The number of rotatable bonds is 5. The molecule has 0 aliphatic carbocycles. The van der Waals surface area contributed by atoms with Gasteiger partial charge in [0.25, 0.3) is 0 Å². The largest absolute Gasteiger partial charge is 0.342 e. The first-order valence-corrected chi connectivity index (χ1v) is 9.41. The summed E-state index contributed by atoms with van der Waals surface area (Å²) in [6.07, 6.45) is 2.02. The van der Waals surface area contributed by atoms with Gasteiger partial charge >= 0.3 is 5.76 Å². The van der Waals surface area contributed by atoms with Crippen LogP contribution in [0.3, 0.4) is 0 Å². The maximum Gasteiger partial charge on any atom is 0.341 e. The number of halogens is 2. The Morgan fingerprint density at radius 2 is 1.96 bits per heavy atom. The highest BCUT2D eigenvalue weighted by atomic mass is 32.2. The van der Waals surface area contributed by atoms with E-state index in [9.17, 15) is 22.0 Å². The number of hydrogen-bond acceptors (Lipinski definition) is 4. The predicted octanol–water partition coefficient (Wildman–Crippen LogP) is 1.81. The third-order valence-electron chi connectivity index (χ3n) is 4.40. The van der Waals surface area contributed by atoms with Crippen LogP contribution in [-0.4, -0.2) is 44.1 Å². The Morgan fingerprint density at radius 3 is 2.50 bits per heavy atom. The zero-order chi connectivity index (χ0) is 17.9. The normalized spacial score (nSPS) is 20.2. The fourth-order valence-electron chi connectivity index (χ4n) is 2.85. The van der Waals surface area contributed by atoms with Crippen LogP contribution in [0, 0.1) is 5.92 Å². The van der Waals surface area contributed by atoms with Crippen molar-refractivity contribution in [1.82, 2.24) is 4.90 Å². The molecule has 2 unspecified atom stereocenters. The summed E-state index contributed by atoms with van der Waals surface area (Å²) in [5.41, 5.74) is 6.50. The third kappa shape index (κ3) is 4.30. The minimum atomic E-state index is -4.60. The molecule has 2 rings (SSSR count). The molecule has 2 atom stereocenters. The van der Waals surface area contributed by atoms with E-state index in [4.69, 9.17) is 5.73 Å². The number of alkyl halides is 2. The molecule has 0 aromatic heterocycles. The Labute approximate surface area is 140 Å². The molecule has 24 heavy (non-hydrogen) atoms. The summed E-state index contributed by atoms with van der Waals surface area (Å²) in [5.74, 6) is -3.24. The van der Waals surface area contributed by atoms with E-state index >= 15 is 0 Å². The zero-order valence-corrected chi connectivity index (χ0v) is 14.3. The molecule has 0 spiro atoms. The number of nitrogens with zero attached hydrogens (tertiary/aromatic N) is 1. The lowest BCUT2D eigenvalue weighted by molar-refractivity contribution is -0.132. The molecule has 0 bridgehead atoms. The molecule has 8 heteroatoms. The Morgan fingerprint density at radius 1 is 1.33 bits per heavy atom. The van der Waals surface area contributed by atoms with Gasteiger partial charge in [-0.15, -0.1) is 0 Å². The molecule has 1 saturated heterocycles. The SMILES string of the molecule is CC(N)C1CCCN(C(=O)Cc2ccc(S(=O)(=O)C(F)F)cc2)C1. The molecule has 1 amide bonds. The van der Waals surface area contributed by atoms with Crippen molar-refractivity contribution >= 4 is 15.7 Å². The molecule has 1 aliphatic heterocycles. The summed E-state index contributed by atoms with van der Waals surface area (Å²) in [4.78, 5) is 13.7. The Bertz CT molecular complexity index is 675. The van der Waals surface area contributed by atoms with Crippen molar-refractivity contribution in [2.24, 2.45) is 11.7 Å². The van der Waals surface area contributed by atoms with E-state index in [0.717, 1.165) is 25.0 Å². The zero-order valence-electron chi connectivity index (χ0n) is 13.5. The average Bonchev–Trinajstić information content (AvgIpc) is 2.55. The minimum absolute atomic E-state index is 0.0273. The van der Waals surface area contributed by atoms with E-state index in [1.54, 1.807) is 4.90 Å². The van der Waals surface area contributed by atoms with Crippen molar-refractivity contribution in [3.8, 4) is 0 Å². The number of likely N-dealkylation sites (tertiary alicyclic amines) is 1. The predicted molar refractivity (Wildman–Crippen MR) is 86.3 cm³/mol. The minimum Gasteiger partial charge on any atom is -0.342 e. The van der Waals surface area contributed by atoms with Crippen LogP contribution in [0.15, 0.2) is 29.2 Å². The number of piperidine rings is 1. The van der Waals surface area contributed by atoms with E-state index in [0.29, 0.717) is 18.7 Å². The van der Waals surface area contributed by atoms with Crippen LogP contribution in [-0.2, 0) is 21.1 Å². The molecule has 1 heterocycles. The Balaban J connectivity index is 2.02. The fraction of sp³-hybridized carbons (Fsp3) is 0.562. The van der Waals surface area contributed by atoms with Crippen LogP contribution < -0.4 is 5.73 Å². The van der Waals surface area contributed by atoms with Gasteiger partial charge in [0.15, 0.2) is 0 Å². The Kier molecular flexibility index (Phi) is 5.92. The topological polar surface area (TPSA) is 80.5 Å². The highest BCUT2D eigenvalue weighted by molar-refractivity contribution is 7.91. The van der Waals surface area contributed by atoms with Crippen LogP contribution >= 0.6 is 0 Å². The van der Waals surface area contributed by atoms with Crippen molar-refractivity contribution in [2.75, 3.05) is 13.1 Å². The number of nitrogens with two attached hydrogens (primary N) is 1. The fourth-order valence-corrected chi connectivity index (χ4v) is 3.57. The summed E-state index contributed by atoms with van der Waals surface area (Å²) in [6, 6.07) is 5.07. The molecule has 5 nitrogen and oxygen atoms in total. The molecule has 1 fully saturated rings. The van der Waals surface area contributed by atoms with E-state index in [1.165, 1.54) is 12.1 Å². The molecular formula is C16H22F2N2O3S. The number of sulfone groups is 1. The van der Waals surface area contributed by atoms with Gasteiger partial charge in [-0.3, -0.25) is 4.79 Å². The van der Waals surface area contributed by atoms with Gasteiger partial charge in [0, 0.05) is 19.1 Å². The summed E-state index contributed by atoms with van der Waals surface area (Å²) >= 11 is 0. The molecule has 2 N–H and O–H groups in total. The van der Waals surface area contributed by atoms with Gasteiger partial charge < -0.3 is 10.6 Å². The van der Waals surface area contributed by atoms with Crippen LogP contribution in [0.1, 0.15) is 25.3 Å². The molecule has 1 aromatic carbocycles. The number of amides is 1. The van der Waals surface area contributed by atoms with Crippen LogP contribution in [0.4, 0.5) is 8.78 Å². The van der Waals surface area contributed by atoms with Crippen molar-refractivity contribution in [2.45, 2.75) is 42.9 Å².